The van der Waals surface area contributed by atoms with Gasteiger partial charge in [-0.25, -0.2) is 9.97 Å². The van der Waals surface area contributed by atoms with Crippen LogP contribution in [0.1, 0.15) is 65.4 Å². The summed E-state index contributed by atoms with van der Waals surface area (Å²) in [5.74, 6) is 1.79. The number of carbonyl (C=O) groups is 1. The minimum Gasteiger partial charge on any atom is -0.361 e. The topological polar surface area (TPSA) is 75.4 Å². The van der Waals surface area contributed by atoms with Crippen molar-refractivity contribution >= 4 is 5.91 Å². The number of piperidine rings is 1. The molecule has 0 saturated carbocycles. The first kappa shape index (κ1) is 18.1. The monoisotopic (exact) mass is 369 g/mol. The lowest BCUT2D eigenvalue weighted by molar-refractivity contribution is 0.0694. The van der Waals surface area contributed by atoms with Gasteiger partial charge in [-0.15, -0.1) is 0 Å². The van der Waals surface area contributed by atoms with Gasteiger partial charge in [0.05, 0.1) is 0 Å². The third kappa shape index (κ3) is 3.88. The van der Waals surface area contributed by atoms with E-state index in [9.17, 15) is 4.79 Å². The van der Waals surface area contributed by atoms with E-state index in [1.54, 1.807) is 6.07 Å². The summed E-state index contributed by atoms with van der Waals surface area (Å²) in [5.41, 5.74) is 2.80. The Morgan fingerprint density at radius 3 is 3.11 bits per heavy atom. The predicted molar refractivity (Wildman–Crippen MR) is 100 cm³/mol. The number of amides is 1. The van der Waals surface area contributed by atoms with Crippen molar-refractivity contribution in [3.63, 3.8) is 0 Å². The number of hydrogen-bond acceptors (Lipinski definition) is 6. The largest absolute Gasteiger partial charge is 0.361 e. The van der Waals surface area contributed by atoms with Gasteiger partial charge in [0, 0.05) is 68.5 Å². The zero-order valence-corrected chi connectivity index (χ0v) is 16.1. The number of aromatic nitrogens is 3. The highest BCUT2D eigenvalue weighted by molar-refractivity contribution is 5.92. The van der Waals surface area contributed by atoms with Crippen LogP contribution in [0.3, 0.4) is 0 Å². The number of rotatable bonds is 4. The quantitative estimate of drug-likeness (QED) is 0.824. The molecule has 1 amide bonds. The predicted octanol–water partition coefficient (Wildman–Crippen LogP) is 2.42. The van der Waals surface area contributed by atoms with Crippen LogP contribution >= 0.6 is 0 Å². The van der Waals surface area contributed by atoms with E-state index >= 15 is 0 Å². The van der Waals surface area contributed by atoms with Gasteiger partial charge >= 0.3 is 0 Å². The summed E-state index contributed by atoms with van der Waals surface area (Å²) in [4.78, 5) is 26.5. The maximum atomic E-state index is 12.8. The molecule has 0 unspecified atom stereocenters. The average Bonchev–Trinajstić information content (AvgIpc) is 3.16. The molecule has 0 aromatic carbocycles. The van der Waals surface area contributed by atoms with Crippen LogP contribution in [0.2, 0.25) is 0 Å². The molecule has 0 radical (unpaired) electrons. The summed E-state index contributed by atoms with van der Waals surface area (Å²) >= 11 is 0. The molecule has 0 aliphatic carbocycles. The fraction of sp³-hybridized carbons (Fsp3) is 0.600. The molecule has 144 valence electrons. The van der Waals surface area contributed by atoms with Crippen molar-refractivity contribution in [3.05, 3.63) is 40.8 Å². The van der Waals surface area contributed by atoms with Gasteiger partial charge in [0.25, 0.3) is 5.91 Å². The first-order chi connectivity index (χ1) is 13.1. The molecule has 0 spiro atoms. The van der Waals surface area contributed by atoms with Crippen LogP contribution in [0.15, 0.2) is 16.8 Å². The highest BCUT2D eigenvalue weighted by atomic mass is 16.5. The number of hydrogen-bond donors (Lipinski definition) is 0. The van der Waals surface area contributed by atoms with E-state index in [4.69, 9.17) is 9.51 Å². The molecule has 7 heteroatoms. The number of likely N-dealkylation sites (N-methyl/N-ethyl adjacent to an activating group) is 1. The number of fused-ring (bicyclic) bond motifs is 1. The summed E-state index contributed by atoms with van der Waals surface area (Å²) in [7, 11) is 2.12. The van der Waals surface area contributed by atoms with Gasteiger partial charge in [-0.1, -0.05) is 12.1 Å². The fourth-order valence-electron chi connectivity index (χ4n) is 3.98. The first-order valence-corrected chi connectivity index (χ1v) is 9.92. The number of likely N-dealkylation sites (tertiary alicyclic amines) is 1. The van der Waals surface area contributed by atoms with Gasteiger partial charge in [-0.3, -0.25) is 4.79 Å². The van der Waals surface area contributed by atoms with Crippen molar-refractivity contribution in [2.75, 3.05) is 26.7 Å². The Balaban J connectivity index is 1.47. The second kappa shape index (κ2) is 7.76. The van der Waals surface area contributed by atoms with Crippen molar-refractivity contribution < 1.29 is 9.32 Å². The van der Waals surface area contributed by atoms with Gasteiger partial charge in [0.1, 0.15) is 11.6 Å². The number of nitrogens with zero attached hydrogens (tertiary/aromatic N) is 5. The summed E-state index contributed by atoms with van der Waals surface area (Å²) in [6.45, 7) is 5.42. The van der Waals surface area contributed by atoms with Crippen molar-refractivity contribution in [2.24, 2.45) is 0 Å². The zero-order valence-electron chi connectivity index (χ0n) is 16.1. The van der Waals surface area contributed by atoms with Gasteiger partial charge in [-0.05, 0) is 26.3 Å². The van der Waals surface area contributed by atoms with E-state index in [0.29, 0.717) is 12.2 Å². The van der Waals surface area contributed by atoms with E-state index in [1.165, 1.54) is 11.3 Å². The second-order valence-electron chi connectivity index (χ2n) is 7.71. The minimum absolute atomic E-state index is 0.0506. The summed E-state index contributed by atoms with van der Waals surface area (Å²) in [5, 5.41) is 3.97. The molecular formula is C20H27N5O2. The number of carbonyl (C=O) groups excluding carboxylic acids is 1. The van der Waals surface area contributed by atoms with Crippen LogP contribution in [0.4, 0.5) is 0 Å². The van der Waals surface area contributed by atoms with Crippen LogP contribution in [-0.2, 0) is 19.4 Å². The molecule has 2 aromatic heterocycles. The lowest BCUT2D eigenvalue weighted by atomic mass is 9.96. The highest BCUT2D eigenvalue weighted by Gasteiger charge is 2.29. The average molecular weight is 369 g/mol. The molecule has 2 aliphatic heterocycles. The molecule has 0 N–H and O–H groups in total. The highest BCUT2D eigenvalue weighted by Crippen LogP contribution is 2.27. The van der Waals surface area contributed by atoms with Crippen LogP contribution < -0.4 is 0 Å². The van der Waals surface area contributed by atoms with E-state index in [1.807, 2.05) is 11.1 Å². The first-order valence-electron chi connectivity index (χ1n) is 9.92. The maximum Gasteiger partial charge on any atom is 0.276 e. The molecule has 2 aliphatic rings. The molecule has 1 fully saturated rings. The fourth-order valence-corrected chi connectivity index (χ4v) is 3.98. The van der Waals surface area contributed by atoms with Crippen LogP contribution in [0, 0.1) is 0 Å². The summed E-state index contributed by atoms with van der Waals surface area (Å²) in [6.07, 6.45) is 6.70. The van der Waals surface area contributed by atoms with Crippen LogP contribution in [-0.4, -0.2) is 57.5 Å². The van der Waals surface area contributed by atoms with E-state index in [-0.39, 0.29) is 11.8 Å². The summed E-state index contributed by atoms with van der Waals surface area (Å²) < 4.78 is 5.27. The minimum atomic E-state index is -0.0506. The van der Waals surface area contributed by atoms with E-state index < -0.39 is 0 Å². The molecule has 1 atom stereocenters. The molecule has 2 aromatic rings. The Labute approximate surface area is 159 Å². The molecule has 0 bridgehead atoms. The van der Waals surface area contributed by atoms with Gasteiger partial charge in [-0.2, -0.15) is 0 Å². The van der Waals surface area contributed by atoms with Crippen molar-refractivity contribution in [1.82, 2.24) is 24.9 Å². The Hall–Kier alpha value is -2.28. The standard InChI is InChI=1S/C20H27N5O2/c1-3-5-16-10-18(23-27-16)20(26)25-8-4-6-14(13-25)19-21-11-15-12-24(2)9-7-17(15)22-19/h10-11,14H,3-9,12-13H2,1-2H3/t14-/m0/s1. The Bertz CT molecular complexity index is 818. The smallest absolute Gasteiger partial charge is 0.276 e. The zero-order chi connectivity index (χ0) is 18.8. The van der Waals surface area contributed by atoms with E-state index in [2.05, 4.69) is 29.0 Å². The molecule has 4 rings (SSSR count). The molecule has 7 nitrogen and oxygen atoms in total. The number of aryl methyl sites for hydroxylation is 1. The third-order valence-corrected chi connectivity index (χ3v) is 5.49. The lowest BCUT2D eigenvalue weighted by Crippen LogP contribution is -2.40. The summed E-state index contributed by atoms with van der Waals surface area (Å²) in [6, 6.07) is 1.78. The Morgan fingerprint density at radius 1 is 1.37 bits per heavy atom. The second-order valence-corrected chi connectivity index (χ2v) is 7.71. The SMILES string of the molecule is CCCc1cc(C(=O)N2CCC[C@H](c3ncc4c(n3)CCN(C)C4)C2)no1. The van der Waals surface area contributed by atoms with Crippen LogP contribution in [0.25, 0.3) is 0 Å². The lowest BCUT2D eigenvalue weighted by Gasteiger charge is -2.32. The molecular weight excluding hydrogens is 342 g/mol. The van der Waals surface area contributed by atoms with Crippen molar-refractivity contribution in [1.29, 1.82) is 0 Å². The van der Waals surface area contributed by atoms with Crippen LogP contribution in [0.5, 0.6) is 0 Å². The van der Waals surface area contributed by atoms with Gasteiger partial charge in [0.2, 0.25) is 0 Å². The van der Waals surface area contributed by atoms with Crippen molar-refractivity contribution in [2.45, 2.75) is 51.5 Å². The Morgan fingerprint density at radius 2 is 2.26 bits per heavy atom. The normalized spacial score (nSPS) is 20.5. The van der Waals surface area contributed by atoms with Gasteiger partial charge < -0.3 is 14.3 Å². The molecule has 27 heavy (non-hydrogen) atoms. The molecule has 4 heterocycles. The van der Waals surface area contributed by atoms with Crippen molar-refractivity contribution in [3.8, 4) is 0 Å². The maximum absolute atomic E-state index is 12.8. The molecule has 1 saturated heterocycles. The third-order valence-electron chi connectivity index (χ3n) is 5.49. The van der Waals surface area contributed by atoms with Gasteiger partial charge in [0.15, 0.2) is 5.69 Å². The Kier molecular flexibility index (Phi) is 5.20. The van der Waals surface area contributed by atoms with E-state index in [0.717, 1.165) is 63.3 Å².